The Morgan fingerprint density at radius 3 is 2.06 bits per heavy atom. The minimum Gasteiger partial charge on any atom is -0.493 e. The Hall–Kier alpha value is -1.87. The van der Waals surface area contributed by atoms with Crippen molar-refractivity contribution in [1.82, 2.24) is 0 Å². The van der Waals surface area contributed by atoms with Gasteiger partial charge in [-0.1, -0.05) is 0 Å². The van der Waals surface area contributed by atoms with E-state index in [-0.39, 0.29) is 5.12 Å². The molecule has 0 bridgehead atoms. The molecule has 0 atom stereocenters. The fourth-order valence-corrected chi connectivity index (χ4v) is 1.62. The second-order valence-corrected chi connectivity index (χ2v) is 3.65. The molecule has 0 amide bonds. The summed E-state index contributed by atoms with van der Waals surface area (Å²) in [6.07, 6.45) is 0. The quantitative estimate of drug-likeness (QED) is 0.765. The van der Waals surface area contributed by atoms with E-state index >= 15 is 0 Å². The van der Waals surface area contributed by atoms with Crippen LogP contribution in [0.4, 0.5) is 0 Å². The summed E-state index contributed by atoms with van der Waals surface area (Å²) >= 11 is 0.551. The minimum absolute atomic E-state index is 0.325. The van der Waals surface area contributed by atoms with E-state index in [1.165, 1.54) is 33.5 Å². The van der Waals surface area contributed by atoms with E-state index < -0.39 is 0 Å². The van der Waals surface area contributed by atoms with Crippen molar-refractivity contribution < 1.29 is 19.0 Å². The molecule has 17 heavy (non-hydrogen) atoms. The van der Waals surface area contributed by atoms with Crippen LogP contribution < -0.4 is 14.2 Å². The number of nitriles is 1. The molecule has 0 N–H and O–H groups in total. The van der Waals surface area contributed by atoms with E-state index in [0.717, 1.165) is 0 Å². The van der Waals surface area contributed by atoms with E-state index in [1.807, 2.05) is 0 Å². The van der Waals surface area contributed by atoms with Crippen molar-refractivity contribution in [3.63, 3.8) is 0 Å². The summed E-state index contributed by atoms with van der Waals surface area (Å²) < 4.78 is 15.3. The van der Waals surface area contributed by atoms with E-state index in [0.29, 0.717) is 34.6 Å². The average molecular weight is 253 g/mol. The molecule has 0 aromatic heterocycles. The maximum atomic E-state index is 11.6. The third kappa shape index (κ3) is 2.82. The minimum atomic E-state index is -0.369. The van der Waals surface area contributed by atoms with Gasteiger partial charge in [-0.15, -0.1) is 0 Å². The van der Waals surface area contributed by atoms with Gasteiger partial charge in [-0.05, 0) is 12.1 Å². The van der Waals surface area contributed by atoms with Crippen molar-refractivity contribution in [3.8, 4) is 22.6 Å². The van der Waals surface area contributed by atoms with Gasteiger partial charge < -0.3 is 14.2 Å². The molecular formula is C11H11NO4S. The number of benzene rings is 1. The standard InChI is InChI=1S/C11H11NO4S/c1-14-8-4-7(11(13)17-6-12)5-9(15-2)10(8)16-3/h4-5H,1-3H3. The molecule has 0 spiro atoms. The van der Waals surface area contributed by atoms with E-state index in [9.17, 15) is 4.79 Å². The van der Waals surface area contributed by atoms with Crippen molar-refractivity contribution >= 4 is 16.9 Å². The van der Waals surface area contributed by atoms with Gasteiger partial charge in [0.15, 0.2) is 11.5 Å². The first-order valence-corrected chi connectivity index (χ1v) is 5.39. The molecule has 0 unspecified atom stereocenters. The number of methoxy groups -OCH3 is 3. The van der Waals surface area contributed by atoms with E-state index in [4.69, 9.17) is 19.5 Å². The van der Waals surface area contributed by atoms with Crippen LogP contribution in [-0.4, -0.2) is 26.4 Å². The molecule has 1 aromatic rings. The number of rotatable bonds is 4. The molecule has 0 aliphatic rings. The lowest BCUT2D eigenvalue weighted by Crippen LogP contribution is -1.99. The Bertz CT molecular complexity index is 442. The van der Waals surface area contributed by atoms with E-state index in [1.54, 1.807) is 5.40 Å². The molecule has 6 heteroatoms. The van der Waals surface area contributed by atoms with Crippen molar-refractivity contribution in [1.29, 1.82) is 5.26 Å². The van der Waals surface area contributed by atoms with Crippen LogP contribution in [0.15, 0.2) is 12.1 Å². The number of ether oxygens (including phenoxy) is 3. The summed E-state index contributed by atoms with van der Waals surface area (Å²) in [5, 5.41) is 9.81. The van der Waals surface area contributed by atoms with Crippen molar-refractivity contribution in [2.24, 2.45) is 0 Å². The Balaban J connectivity index is 3.28. The number of nitrogens with zero attached hydrogens (tertiary/aromatic N) is 1. The van der Waals surface area contributed by atoms with Crippen molar-refractivity contribution in [3.05, 3.63) is 17.7 Å². The first kappa shape index (κ1) is 13.2. The fraction of sp³-hybridized carbons (Fsp3) is 0.273. The van der Waals surface area contributed by atoms with Crippen LogP contribution >= 0.6 is 11.8 Å². The summed E-state index contributed by atoms with van der Waals surface area (Å²) in [5.74, 6) is 1.18. The summed E-state index contributed by atoms with van der Waals surface area (Å²) in [6.45, 7) is 0. The second kappa shape index (κ2) is 6.01. The van der Waals surface area contributed by atoms with Crippen LogP contribution in [-0.2, 0) is 0 Å². The lowest BCUT2D eigenvalue weighted by atomic mass is 10.2. The summed E-state index contributed by atoms with van der Waals surface area (Å²) in [7, 11) is 4.40. The monoisotopic (exact) mass is 253 g/mol. The maximum absolute atomic E-state index is 11.6. The largest absolute Gasteiger partial charge is 0.493 e. The molecule has 90 valence electrons. The molecule has 0 radical (unpaired) electrons. The molecule has 0 saturated carbocycles. The van der Waals surface area contributed by atoms with Crippen molar-refractivity contribution in [2.45, 2.75) is 0 Å². The molecule has 0 saturated heterocycles. The van der Waals surface area contributed by atoms with Crippen LogP contribution in [0.2, 0.25) is 0 Å². The highest BCUT2D eigenvalue weighted by molar-refractivity contribution is 8.18. The van der Waals surface area contributed by atoms with Crippen LogP contribution in [0.1, 0.15) is 10.4 Å². The molecule has 0 aliphatic heterocycles. The second-order valence-electron chi connectivity index (χ2n) is 2.89. The Morgan fingerprint density at radius 1 is 1.18 bits per heavy atom. The predicted molar refractivity (Wildman–Crippen MR) is 63.6 cm³/mol. The SMILES string of the molecule is COc1cc(C(=O)SC#N)cc(OC)c1OC. The van der Waals surface area contributed by atoms with Gasteiger partial charge in [0.2, 0.25) is 10.9 Å². The number of hydrogen-bond acceptors (Lipinski definition) is 6. The highest BCUT2D eigenvalue weighted by Gasteiger charge is 2.17. The molecule has 5 nitrogen and oxygen atoms in total. The average Bonchev–Trinajstić information content (AvgIpc) is 2.37. The smallest absolute Gasteiger partial charge is 0.234 e. The lowest BCUT2D eigenvalue weighted by Gasteiger charge is -2.12. The predicted octanol–water partition coefficient (Wildman–Crippen LogP) is 2.07. The molecule has 0 heterocycles. The number of thiocyanates is 1. The Labute approximate surface area is 103 Å². The first-order valence-electron chi connectivity index (χ1n) is 4.58. The lowest BCUT2D eigenvalue weighted by molar-refractivity contribution is 0.108. The Kier molecular flexibility index (Phi) is 4.67. The van der Waals surface area contributed by atoms with Gasteiger partial charge in [-0.3, -0.25) is 4.79 Å². The van der Waals surface area contributed by atoms with Gasteiger partial charge in [0.1, 0.15) is 5.40 Å². The van der Waals surface area contributed by atoms with Gasteiger partial charge in [-0.25, -0.2) is 0 Å². The third-order valence-electron chi connectivity index (χ3n) is 2.04. The zero-order valence-electron chi connectivity index (χ0n) is 9.64. The normalized spacial score (nSPS) is 9.29. The highest BCUT2D eigenvalue weighted by Crippen LogP contribution is 2.38. The van der Waals surface area contributed by atoms with Gasteiger partial charge in [0.05, 0.1) is 21.3 Å². The van der Waals surface area contributed by atoms with E-state index in [2.05, 4.69) is 0 Å². The number of carbonyl (C=O) groups is 1. The van der Waals surface area contributed by atoms with Crippen LogP contribution in [0, 0.1) is 10.7 Å². The van der Waals surface area contributed by atoms with Crippen LogP contribution in [0.5, 0.6) is 17.2 Å². The van der Waals surface area contributed by atoms with Gasteiger partial charge in [0, 0.05) is 17.3 Å². The van der Waals surface area contributed by atoms with Crippen LogP contribution in [0.3, 0.4) is 0 Å². The molecular weight excluding hydrogens is 242 g/mol. The Morgan fingerprint density at radius 2 is 1.71 bits per heavy atom. The fourth-order valence-electron chi connectivity index (χ4n) is 1.30. The van der Waals surface area contributed by atoms with Crippen LogP contribution in [0.25, 0.3) is 0 Å². The molecule has 0 aliphatic carbocycles. The molecule has 0 fully saturated rings. The van der Waals surface area contributed by atoms with Crippen molar-refractivity contribution in [2.75, 3.05) is 21.3 Å². The number of hydrogen-bond donors (Lipinski definition) is 0. The molecule has 1 aromatic carbocycles. The van der Waals surface area contributed by atoms with Gasteiger partial charge in [-0.2, -0.15) is 5.26 Å². The topological polar surface area (TPSA) is 68.6 Å². The number of carbonyl (C=O) groups excluding carboxylic acids is 1. The third-order valence-corrected chi connectivity index (χ3v) is 2.55. The maximum Gasteiger partial charge on any atom is 0.234 e. The summed E-state index contributed by atoms with van der Waals surface area (Å²) in [4.78, 5) is 11.6. The number of thioether (sulfide) groups is 1. The first-order chi connectivity index (χ1) is 8.17. The molecule has 1 rings (SSSR count). The zero-order chi connectivity index (χ0) is 12.8. The van der Waals surface area contributed by atoms with Gasteiger partial charge >= 0.3 is 0 Å². The van der Waals surface area contributed by atoms with Gasteiger partial charge in [0.25, 0.3) is 0 Å². The summed E-state index contributed by atoms with van der Waals surface area (Å²) in [6, 6.07) is 3.02. The summed E-state index contributed by atoms with van der Waals surface area (Å²) in [5.41, 5.74) is 0.325. The zero-order valence-corrected chi connectivity index (χ0v) is 10.5. The highest BCUT2D eigenvalue weighted by atomic mass is 32.2.